The number of esters is 1. The van der Waals surface area contributed by atoms with Crippen molar-refractivity contribution in [2.75, 3.05) is 7.11 Å². The maximum absolute atomic E-state index is 11.3. The molecular weight excluding hydrogens is 266 g/mol. The SMILES string of the molecule is C=C(Br)c1oc(C(N)=O)cc1C(=O)OC. The molecule has 0 saturated heterocycles. The maximum Gasteiger partial charge on any atom is 0.341 e. The fourth-order valence-electron chi connectivity index (χ4n) is 0.976. The average molecular weight is 274 g/mol. The topological polar surface area (TPSA) is 82.5 Å². The van der Waals surface area contributed by atoms with E-state index in [0.717, 1.165) is 0 Å². The van der Waals surface area contributed by atoms with Crippen LogP contribution in [0.5, 0.6) is 0 Å². The normalized spacial score (nSPS) is 9.73. The number of hydrogen-bond acceptors (Lipinski definition) is 4. The zero-order valence-corrected chi connectivity index (χ0v) is 9.46. The van der Waals surface area contributed by atoms with Gasteiger partial charge in [-0.15, -0.1) is 0 Å². The Balaban J connectivity index is 3.29. The Bertz CT molecular complexity index is 435. The van der Waals surface area contributed by atoms with Gasteiger partial charge in [0.1, 0.15) is 5.56 Å². The van der Waals surface area contributed by atoms with Crippen molar-refractivity contribution in [3.8, 4) is 0 Å². The number of methoxy groups -OCH3 is 1. The third-order valence-electron chi connectivity index (χ3n) is 1.63. The molecule has 0 radical (unpaired) electrons. The number of nitrogens with two attached hydrogens (primary N) is 1. The highest BCUT2D eigenvalue weighted by Gasteiger charge is 2.21. The Morgan fingerprint density at radius 2 is 2.20 bits per heavy atom. The van der Waals surface area contributed by atoms with E-state index in [9.17, 15) is 9.59 Å². The molecule has 1 heterocycles. The molecule has 0 aliphatic rings. The average Bonchev–Trinajstić information content (AvgIpc) is 2.61. The van der Waals surface area contributed by atoms with Crippen LogP contribution in [0.2, 0.25) is 0 Å². The first-order chi connectivity index (χ1) is 6.97. The molecule has 0 aliphatic carbocycles. The second kappa shape index (κ2) is 4.31. The molecule has 15 heavy (non-hydrogen) atoms. The molecule has 5 nitrogen and oxygen atoms in total. The van der Waals surface area contributed by atoms with Crippen LogP contribution in [0.1, 0.15) is 26.7 Å². The smallest absolute Gasteiger partial charge is 0.341 e. The van der Waals surface area contributed by atoms with Crippen molar-refractivity contribution in [1.29, 1.82) is 0 Å². The highest BCUT2D eigenvalue weighted by Crippen LogP contribution is 2.26. The van der Waals surface area contributed by atoms with Gasteiger partial charge in [0.05, 0.1) is 11.6 Å². The zero-order chi connectivity index (χ0) is 11.6. The van der Waals surface area contributed by atoms with Crippen LogP contribution in [0.3, 0.4) is 0 Å². The molecule has 1 rings (SSSR count). The van der Waals surface area contributed by atoms with E-state index in [1.165, 1.54) is 13.2 Å². The molecule has 0 aliphatic heterocycles. The molecule has 0 saturated carbocycles. The van der Waals surface area contributed by atoms with Gasteiger partial charge in [0.15, 0.2) is 11.5 Å². The summed E-state index contributed by atoms with van der Waals surface area (Å²) in [6.45, 7) is 3.54. The molecule has 1 aromatic rings. The molecule has 2 N–H and O–H groups in total. The quantitative estimate of drug-likeness (QED) is 0.847. The van der Waals surface area contributed by atoms with E-state index in [1.54, 1.807) is 0 Å². The number of halogens is 1. The lowest BCUT2D eigenvalue weighted by Gasteiger charge is -1.97. The summed E-state index contributed by atoms with van der Waals surface area (Å²) in [4.78, 5) is 22.1. The summed E-state index contributed by atoms with van der Waals surface area (Å²) in [7, 11) is 1.22. The largest absolute Gasteiger partial charge is 0.465 e. The number of amides is 1. The van der Waals surface area contributed by atoms with Crippen LogP contribution in [-0.2, 0) is 4.74 Å². The summed E-state index contributed by atoms with van der Waals surface area (Å²) in [6.07, 6.45) is 0. The predicted octanol–water partition coefficient (Wildman–Crippen LogP) is 1.53. The van der Waals surface area contributed by atoms with Gasteiger partial charge in [-0.25, -0.2) is 4.79 Å². The Morgan fingerprint density at radius 1 is 1.60 bits per heavy atom. The van der Waals surface area contributed by atoms with Gasteiger partial charge in [-0.2, -0.15) is 0 Å². The number of primary amides is 1. The Labute approximate surface area is 94.0 Å². The van der Waals surface area contributed by atoms with E-state index in [-0.39, 0.29) is 17.1 Å². The first-order valence-corrected chi connectivity index (χ1v) is 4.63. The molecule has 80 valence electrons. The second-order valence-electron chi connectivity index (χ2n) is 2.61. The lowest BCUT2D eigenvalue weighted by molar-refractivity contribution is 0.0599. The minimum atomic E-state index is -0.764. The fourth-order valence-corrected chi connectivity index (χ4v) is 1.27. The van der Waals surface area contributed by atoms with Gasteiger partial charge in [0.25, 0.3) is 5.91 Å². The molecular formula is C9H8BrNO4. The summed E-state index contributed by atoms with van der Waals surface area (Å²) in [5.41, 5.74) is 5.11. The summed E-state index contributed by atoms with van der Waals surface area (Å²) >= 11 is 3.05. The summed E-state index contributed by atoms with van der Waals surface area (Å²) in [6, 6.07) is 1.22. The van der Waals surface area contributed by atoms with Crippen molar-refractivity contribution in [1.82, 2.24) is 0 Å². The van der Waals surface area contributed by atoms with Crippen LogP contribution < -0.4 is 5.73 Å². The molecule has 1 aromatic heterocycles. The molecule has 0 spiro atoms. The van der Waals surface area contributed by atoms with Crippen LogP contribution in [0.15, 0.2) is 17.1 Å². The highest BCUT2D eigenvalue weighted by molar-refractivity contribution is 9.15. The van der Waals surface area contributed by atoms with E-state index in [1.807, 2.05) is 0 Å². The van der Waals surface area contributed by atoms with Gasteiger partial charge in [0.2, 0.25) is 0 Å². The number of ether oxygens (including phenoxy) is 1. The molecule has 0 aromatic carbocycles. The van der Waals surface area contributed by atoms with E-state index in [2.05, 4.69) is 27.2 Å². The summed E-state index contributed by atoms with van der Waals surface area (Å²) in [5.74, 6) is -1.37. The van der Waals surface area contributed by atoms with E-state index >= 15 is 0 Å². The molecule has 0 unspecified atom stereocenters. The number of carbonyl (C=O) groups excluding carboxylic acids is 2. The first kappa shape index (κ1) is 11.5. The number of hydrogen-bond donors (Lipinski definition) is 1. The molecule has 6 heteroatoms. The van der Waals surface area contributed by atoms with Crippen molar-refractivity contribution >= 4 is 32.3 Å². The zero-order valence-electron chi connectivity index (χ0n) is 7.87. The van der Waals surface area contributed by atoms with Gasteiger partial charge in [-0.05, 0) is 15.9 Å². The lowest BCUT2D eigenvalue weighted by atomic mass is 10.2. The number of rotatable bonds is 3. The fraction of sp³-hybridized carbons (Fsp3) is 0.111. The van der Waals surface area contributed by atoms with Crippen LogP contribution >= 0.6 is 15.9 Å². The third kappa shape index (κ3) is 2.27. The van der Waals surface area contributed by atoms with Crippen molar-refractivity contribution < 1.29 is 18.7 Å². The highest BCUT2D eigenvalue weighted by atomic mass is 79.9. The monoisotopic (exact) mass is 273 g/mol. The van der Waals surface area contributed by atoms with E-state index in [0.29, 0.717) is 4.48 Å². The third-order valence-corrected chi connectivity index (χ3v) is 1.99. The van der Waals surface area contributed by atoms with Crippen molar-refractivity contribution in [2.45, 2.75) is 0 Å². The Morgan fingerprint density at radius 3 is 2.60 bits per heavy atom. The van der Waals surface area contributed by atoms with Crippen molar-refractivity contribution in [3.63, 3.8) is 0 Å². The molecule has 0 bridgehead atoms. The van der Waals surface area contributed by atoms with Gasteiger partial charge in [0, 0.05) is 6.07 Å². The van der Waals surface area contributed by atoms with Gasteiger partial charge in [-0.1, -0.05) is 6.58 Å². The van der Waals surface area contributed by atoms with Gasteiger partial charge < -0.3 is 14.9 Å². The van der Waals surface area contributed by atoms with Gasteiger partial charge in [-0.3, -0.25) is 4.79 Å². The molecule has 0 fully saturated rings. The first-order valence-electron chi connectivity index (χ1n) is 3.84. The standard InChI is InChI=1S/C9H8BrNO4/c1-4(10)7-5(9(13)14-2)3-6(15-7)8(11)12/h3H,1H2,2H3,(H2,11,12). The number of carbonyl (C=O) groups is 2. The van der Waals surface area contributed by atoms with E-state index < -0.39 is 11.9 Å². The molecule has 0 atom stereocenters. The minimum Gasteiger partial charge on any atom is -0.465 e. The summed E-state index contributed by atoms with van der Waals surface area (Å²) in [5, 5.41) is 0. The van der Waals surface area contributed by atoms with Crippen molar-refractivity contribution in [3.05, 3.63) is 29.7 Å². The number of furan rings is 1. The maximum atomic E-state index is 11.3. The van der Waals surface area contributed by atoms with Crippen LogP contribution in [0.25, 0.3) is 4.48 Å². The molecule has 1 amide bonds. The Hall–Kier alpha value is -1.56. The van der Waals surface area contributed by atoms with E-state index in [4.69, 9.17) is 10.2 Å². The lowest BCUT2D eigenvalue weighted by Crippen LogP contribution is -2.09. The second-order valence-corrected chi connectivity index (χ2v) is 3.57. The van der Waals surface area contributed by atoms with Gasteiger partial charge >= 0.3 is 5.97 Å². The summed E-state index contributed by atoms with van der Waals surface area (Å²) < 4.78 is 9.88. The van der Waals surface area contributed by atoms with Crippen LogP contribution in [0.4, 0.5) is 0 Å². The minimum absolute atomic E-state index is 0.105. The van der Waals surface area contributed by atoms with Crippen LogP contribution in [0, 0.1) is 0 Å². The van der Waals surface area contributed by atoms with Crippen molar-refractivity contribution in [2.24, 2.45) is 5.73 Å². The van der Waals surface area contributed by atoms with Crippen LogP contribution in [-0.4, -0.2) is 19.0 Å². The Kier molecular flexibility index (Phi) is 3.31. The predicted molar refractivity (Wildman–Crippen MR) is 56.5 cm³/mol.